The Morgan fingerprint density at radius 2 is 1.57 bits per heavy atom. The maximum atomic E-state index is 3.65. The molecule has 1 N–H and O–H groups in total. The number of unbranched alkanes of at least 4 members (excludes halogenated alkanes) is 3. The predicted molar refractivity (Wildman–Crippen MR) is 65.7 cm³/mol. The highest BCUT2D eigenvalue weighted by molar-refractivity contribution is 4.65. The molecule has 0 aromatic heterocycles. The van der Waals surface area contributed by atoms with Crippen molar-refractivity contribution in [3.8, 4) is 0 Å². The van der Waals surface area contributed by atoms with E-state index in [4.69, 9.17) is 0 Å². The first kappa shape index (κ1) is 14.0. The van der Waals surface area contributed by atoms with Gasteiger partial charge in [-0.05, 0) is 25.8 Å². The van der Waals surface area contributed by atoms with Crippen LogP contribution in [0.4, 0.5) is 0 Å². The molecule has 0 saturated heterocycles. The van der Waals surface area contributed by atoms with Crippen molar-refractivity contribution in [1.82, 2.24) is 5.32 Å². The minimum absolute atomic E-state index is 0.789. The van der Waals surface area contributed by atoms with Crippen molar-refractivity contribution < 1.29 is 0 Å². The molecule has 0 saturated carbocycles. The van der Waals surface area contributed by atoms with Crippen LogP contribution in [0.15, 0.2) is 0 Å². The normalized spacial score (nSPS) is 13.1. The van der Waals surface area contributed by atoms with Gasteiger partial charge in [-0.25, -0.2) is 0 Å². The fourth-order valence-electron chi connectivity index (χ4n) is 1.86. The van der Waals surface area contributed by atoms with E-state index >= 15 is 0 Å². The molecule has 0 spiro atoms. The summed E-state index contributed by atoms with van der Waals surface area (Å²) < 4.78 is 0. The first-order valence-electron chi connectivity index (χ1n) is 6.58. The zero-order chi connectivity index (χ0) is 10.6. The van der Waals surface area contributed by atoms with Gasteiger partial charge in [0.05, 0.1) is 0 Å². The third-order valence-corrected chi connectivity index (χ3v) is 2.73. The van der Waals surface area contributed by atoms with Crippen LogP contribution >= 0.6 is 0 Å². The summed E-state index contributed by atoms with van der Waals surface area (Å²) >= 11 is 0. The van der Waals surface area contributed by atoms with Crippen LogP contribution in [-0.4, -0.2) is 12.6 Å². The molecule has 0 heterocycles. The standard InChI is InChI=1S/C13H29N/c1-4-7-8-9-11-13(10-5-2)14-12-6-3/h13-14H,4-12H2,1-3H3. The molecule has 0 amide bonds. The van der Waals surface area contributed by atoms with Gasteiger partial charge in [-0.15, -0.1) is 0 Å². The molecule has 0 rings (SSSR count). The highest BCUT2D eigenvalue weighted by Crippen LogP contribution is 2.09. The van der Waals surface area contributed by atoms with Crippen LogP contribution < -0.4 is 5.32 Å². The Kier molecular flexibility index (Phi) is 11.0. The SMILES string of the molecule is CCCCCCC(CCC)NCCC. The molecule has 1 unspecified atom stereocenters. The lowest BCUT2D eigenvalue weighted by Crippen LogP contribution is -2.29. The van der Waals surface area contributed by atoms with E-state index in [2.05, 4.69) is 26.1 Å². The van der Waals surface area contributed by atoms with Crippen molar-refractivity contribution >= 4 is 0 Å². The molecule has 1 heteroatoms. The summed E-state index contributed by atoms with van der Waals surface area (Å²) in [4.78, 5) is 0. The average molecular weight is 199 g/mol. The molecule has 1 nitrogen and oxygen atoms in total. The fourth-order valence-corrected chi connectivity index (χ4v) is 1.86. The lowest BCUT2D eigenvalue weighted by molar-refractivity contribution is 0.429. The van der Waals surface area contributed by atoms with Gasteiger partial charge in [0, 0.05) is 6.04 Å². The lowest BCUT2D eigenvalue weighted by atomic mass is 10.0. The topological polar surface area (TPSA) is 12.0 Å². The quantitative estimate of drug-likeness (QED) is 0.522. The Morgan fingerprint density at radius 1 is 0.786 bits per heavy atom. The van der Waals surface area contributed by atoms with Crippen LogP contribution in [0.1, 0.15) is 72.1 Å². The number of rotatable bonds is 10. The fraction of sp³-hybridized carbons (Fsp3) is 1.00. The van der Waals surface area contributed by atoms with Crippen molar-refractivity contribution in [2.75, 3.05) is 6.54 Å². The zero-order valence-corrected chi connectivity index (χ0v) is 10.4. The molecular formula is C13H29N. The third-order valence-electron chi connectivity index (χ3n) is 2.73. The average Bonchev–Trinajstić information content (AvgIpc) is 2.20. The number of nitrogens with one attached hydrogen (secondary N) is 1. The molecule has 1 atom stereocenters. The molecule has 0 radical (unpaired) electrons. The lowest BCUT2D eigenvalue weighted by Gasteiger charge is -2.17. The minimum Gasteiger partial charge on any atom is -0.314 e. The highest BCUT2D eigenvalue weighted by atomic mass is 14.9. The van der Waals surface area contributed by atoms with Gasteiger partial charge in [0.1, 0.15) is 0 Å². The summed E-state index contributed by atoms with van der Waals surface area (Å²) in [6.07, 6.45) is 10.9. The van der Waals surface area contributed by atoms with Crippen LogP contribution in [0, 0.1) is 0 Å². The predicted octanol–water partition coefficient (Wildman–Crippen LogP) is 4.13. The van der Waals surface area contributed by atoms with Crippen LogP contribution in [0.3, 0.4) is 0 Å². The Hall–Kier alpha value is -0.0400. The van der Waals surface area contributed by atoms with E-state index in [1.54, 1.807) is 0 Å². The smallest absolute Gasteiger partial charge is 0.00669 e. The van der Waals surface area contributed by atoms with E-state index in [1.807, 2.05) is 0 Å². The first-order chi connectivity index (χ1) is 6.85. The Morgan fingerprint density at radius 3 is 2.14 bits per heavy atom. The van der Waals surface area contributed by atoms with Gasteiger partial charge in [0.2, 0.25) is 0 Å². The number of hydrogen-bond donors (Lipinski definition) is 1. The van der Waals surface area contributed by atoms with E-state index in [-0.39, 0.29) is 0 Å². The highest BCUT2D eigenvalue weighted by Gasteiger charge is 2.05. The van der Waals surface area contributed by atoms with Gasteiger partial charge < -0.3 is 5.32 Å². The van der Waals surface area contributed by atoms with Crippen LogP contribution in [0.5, 0.6) is 0 Å². The largest absolute Gasteiger partial charge is 0.314 e. The Labute approximate surface area is 90.7 Å². The summed E-state index contributed by atoms with van der Waals surface area (Å²) in [5.41, 5.74) is 0. The summed E-state index contributed by atoms with van der Waals surface area (Å²) in [7, 11) is 0. The number of hydrogen-bond acceptors (Lipinski definition) is 1. The summed E-state index contributed by atoms with van der Waals surface area (Å²) in [5, 5.41) is 3.65. The van der Waals surface area contributed by atoms with Crippen LogP contribution in [0.2, 0.25) is 0 Å². The van der Waals surface area contributed by atoms with Gasteiger partial charge in [0.15, 0.2) is 0 Å². The van der Waals surface area contributed by atoms with Gasteiger partial charge in [-0.1, -0.05) is 52.9 Å². The van der Waals surface area contributed by atoms with Crippen molar-refractivity contribution in [1.29, 1.82) is 0 Å². The van der Waals surface area contributed by atoms with Gasteiger partial charge in [-0.2, -0.15) is 0 Å². The summed E-state index contributed by atoms with van der Waals surface area (Å²) in [5.74, 6) is 0. The monoisotopic (exact) mass is 199 g/mol. The molecule has 0 aliphatic rings. The third kappa shape index (κ3) is 8.55. The van der Waals surface area contributed by atoms with E-state index in [0.29, 0.717) is 0 Å². The molecule has 0 aliphatic carbocycles. The van der Waals surface area contributed by atoms with Crippen molar-refractivity contribution in [3.63, 3.8) is 0 Å². The van der Waals surface area contributed by atoms with Crippen LogP contribution in [-0.2, 0) is 0 Å². The molecule has 0 aromatic rings. The summed E-state index contributed by atoms with van der Waals surface area (Å²) in [6, 6.07) is 0.789. The second kappa shape index (κ2) is 11.0. The molecular weight excluding hydrogens is 170 g/mol. The minimum atomic E-state index is 0.789. The van der Waals surface area contributed by atoms with Gasteiger partial charge >= 0.3 is 0 Å². The van der Waals surface area contributed by atoms with Gasteiger partial charge in [-0.3, -0.25) is 0 Å². The van der Waals surface area contributed by atoms with E-state index in [1.165, 1.54) is 57.9 Å². The Bertz CT molecular complexity index is 101. The molecule has 14 heavy (non-hydrogen) atoms. The molecule has 86 valence electrons. The maximum Gasteiger partial charge on any atom is 0.00669 e. The second-order valence-electron chi connectivity index (χ2n) is 4.29. The maximum absolute atomic E-state index is 3.65. The van der Waals surface area contributed by atoms with E-state index in [9.17, 15) is 0 Å². The van der Waals surface area contributed by atoms with Gasteiger partial charge in [0.25, 0.3) is 0 Å². The van der Waals surface area contributed by atoms with Crippen molar-refractivity contribution in [2.45, 2.75) is 78.2 Å². The van der Waals surface area contributed by atoms with Crippen molar-refractivity contribution in [3.05, 3.63) is 0 Å². The first-order valence-corrected chi connectivity index (χ1v) is 6.58. The van der Waals surface area contributed by atoms with Crippen molar-refractivity contribution in [2.24, 2.45) is 0 Å². The molecule has 0 aliphatic heterocycles. The van der Waals surface area contributed by atoms with E-state index < -0.39 is 0 Å². The molecule has 0 bridgehead atoms. The molecule has 0 fully saturated rings. The van der Waals surface area contributed by atoms with Crippen LogP contribution in [0.25, 0.3) is 0 Å². The molecule has 0 aromatic carbocycles. The zero-order valence-electron chi connectivity index (χ0n) is 10.4. The summed E-state index contributed by atoms with van der Waals surface area (Å²) in [6.45, 7) is 8.00. The Balaban J connectivity index is 3.40. The van der Waals surface area contributed by atoms with E-state index in [0.717, 1.165) is 6.04 Å². The second-order valence-corrected chi connectivity index (χ2v) is 4.29.